The van der Waals surface area contributed by atoms with Crippen LogP contribution in [0.1, 0.15) is 15.9 Å². The van der Waals surface area contributed by atoms with Crippen LogP contribution in [0.4, 0.5) is 13.2 Å². The number of nitrogens with zero attached hydrogens (tertiary/aromatic N) is 1. The van der Waals surface area contributed by atoms with Gasteiger partial charge in [-0.2, -0.15) is 13.2 Å². The normalized spacial score (nSPS) is 20.0. The topological polar surface area (TPSA) is 89.9 Å². The Hall–Kier alpha value is -2.29. The molecule has 0 saturated carbocycles. The van der Waals surface area contributed by atoms with Gasteiger partial charge in [0.05, 0.1) is 0 Å². The standard InChI is InChI=1S/C12H14N2O2.C2HF3O2/c15-10-1-2-11-8(6-10)5-9-7-13-3-4-14(9)12(11)16;3-2(4,5)1(6)7/h1-2,6,9,13,15H,3-5,7H2;(H,6,7)/t9-;/m1./s1. The van der Waals surface area contributed by atoms with E-state index < -0.39 is 12.1 Å². The first-order valence-electron chi connectivity index (χ1n) is 6.84. The number of nitrogens with one attached hydrogen (secondary N) is 1. The molecule has 0 aliphatic carbocycles. The molecule has 0 radical (unpaired) electrons. The number of aliphatic carboxylic acids is 1. The number of benzene rings is 1. The van der Waals surface area contributed by atoms with Crippen molar-refractivity contribution < 1.29 is 33.0 Å². The summed E-state index contributed by atoms with van der Waals surface area (Å²) < 4.78 is 31.7. The van der Waals surface area contributed by atoms with Crippen LogP contribution in [0.25, 0.3) is 0 Å². The Morgan fingerprint density at radius 2 is 2.00 bits per heavy atom. The third kappa shape index (κ3) is 3.92. The lowest BCUT2D eigenvalue weighted by molar-refractivity contribution is -0.192. The van der Waals surface area contributed by atoms with E-state index in [4.69, 9.17) is 9.90 Å². The molecule has 0 spiro atoms. The van der Waals surface area contributed by atoms with Crippen LogP contribution in [0.15, 0.2) is 18.2 Å². The van der Waals surface area contributed by atoms with E-state index in [0.29, 0.717) is 0 Å². The lowest BCUT2D eigenvalue weighted by Gasteiger charge is -2.40. The molecule has 2 aliphatic rings. The first-order valence-corrected chi connectivity index (χ1v) is 6.84. The quantitative estimate of drug-likeness (QED) is 0.659. The summed E-state index contributed by atoms with van der Waals surface area (Å²) in [7, 11) is 0. The van der Waals surface area contributed by atoms with Gasteiger partial charge in [0.1, 0.15) is 5.75 Å². The van der Waals surface area contributed by atoms with Gasteiger partial charge in [0.2, 0.25) is 0 Å². The molecule has 0 aromatic heterocycles. The number of alkyl halides is 3. The van der Waals surface area contributed by atoms with E-state index >= 15 is 0 Å². The van der Waals surface area contributed by atoms with Crippen molar-refractivity contribution in [3.63, 3.8) is 0 Å². The lowest BCUT2D eigenvalue weighted by Crippen LogP contribution is -2.56. The van der Waals surface area contributed by atoms with E-state index in [0.717, 1.165) is 37.2 Å². The van der Waals surface area contributed by atoms with Gasteiger partial charge in [-0.15, -0.1) is 0 Å². The number of rotatable bonds is 0. The smallest absolute Gasteiger partial charge is 0.490 e. The van der Waals surface area contributed by atoms with Crippen LogP contribution in [0.3, 0.4) is 0 Å². The monoisotopic (exact) mass is 332 g/mol. The van der Waals surface area contributed by atoms with E-state index in [1.807, 2.05) is 4.90 Å². The van der Waals surface area contributed by atoms with Gasteiger partial charge in [0, 0.05) is 31.2 Å². The summed E-state index contributed by atoms with van der Waals surface area (Å²) in [4.78, 5) is 23.0. The maximum Gasteiger partial charge on any atom is 0.490 e. The average molecular weight is 332 g/mol. The Bertz CT molecular complexity index is 619. The Morgan fingerprint density at radius 3 is 2.61 bits per heavy atom. The Morgan fingerprint density at radius 1 is 1.35 bits per heavy atom. The van der Waals surface area contributed by atoms with Gasteiger partial charge in [0.25, 0.3) is 5.91 Å². The number of carboxylic acid groups (broad SMARTS) is 1. The molecule has 126 valence electrons. The highest BCUT2D eigenvalue weighted by molar-refractivity contribution is 5.97. The Balaban J connectivity index is 0.000000236. The lowest BCUT2D eigenvalue weighted by atomic mass is 9.92. The molecule has 2 aliphatic heterocycles. The van der Waals surface area contributed by atoms with Crippen LogP contribution < -0.4 is 5.32 Å². The van der Waals surface area contributed by atoms with Crippen molar-refractivity contribution >= 4 is 11.9 Å². The first kappa shape index (κ1) is 17.1. The summed E-state index contributed by atoms with van der Waals surface area (Å²) in [5.41, 5.74) is 1.71. The molecule has 2 heterocycles. The largest absolute Gasteiger partial charge is 0.508 e. The molecule has 1 saturated heterocycles. The van der Waals surface area contributed by atoms with Gasteiger partial charge in [-0.3, -0.25) is 4.79 Å². The number of carbonyl (C=O) groups is 2. The van der Waals surface area contributed by atoms with Crippen molar-refractivity contribution in [1.82, 2.24) is 10.2 Å². The fourth-order valence-corrected chi connectivity index (χ4v) is 2.58. The van der Waals surface area contributed by atoms with Gasteiger partial charge >= 0.3 is 12.1 Å². The molecular weight excluding hydrogens is 317 g/mol. The third-order valence-electron chi connectivity index (χ3n) is 3.63. The van der Waals surface area contributed by atoms with Crippen LogP contribution in [0.2, 0.25) is 0 Å². The molecule has 1 aromatic carbocycles. The number of piperazine rings is 1. The molecular formula is C14H15F3N2O4. The summed E-state index contributed by atoms with van der Waals surface area (Å²) in [6.45, 7) is 2.50. The van der Waals surface area contributed by atoms with Crippen molar-refractivity contribution in [2.45, 2.75) is 18.6 Å². The molecule has 1 fully saturated rings. The summed E-state index contributed by atoms with van der Waals surface area (Å²) in [5.74, 6) is -2.41. The number of carboxylic acids is 1. The molecule has 1 aromatic rings. The number of phenolic OH excluding ortho intramolecular Hbond substituents is 1. The number of fused-ring (bicyclic) bond motifs is 2. The molecule has 9 heteroatoms. The average Bonchev–Trinajstić information content (AvgIpc) is 2.47. The zero-order chi connectivity index (χ0) is 17.2. The van der Waals surface area contributed by atoms with Crippen molar-refractivity contribution in [2.24, 2.45) is 0 Å². The number of carbonyl (C=O) groups excluding carboxylic acids is 1. The minimum atomic E-state index is -5.08. The highest BCUT2D eigenvalue weighted by Gasteiger charge is 2.38. The summed E-state index contributed by atoms with van der Waals surface area (Å²) >= 11 is 0. The number of amides is 1. The Labute approximate surface area is 129 Å². The van der Waals surface area contributed by atoms with E-state index in [-0.39, 0.29) is 17.7 Å². The number of hydrogen-bond donors (Lipinski definition) is 3. The van der Waals surface area contributed by atoms with Crippen LogP contribution in [0.5, 0.6) is 5.75 Å². The minimum Gasteiger partial charge on any atom is -0.508 e. The van der Waals surface area contributed by atoms with Crippen LogP contribution in [0, 0.1) is 0 Å². The molecule has 1 atom stereocenters. The number of halogens is 3. The number of aromatic hydroxyl groups is 1. The first-order chi connectivity index (χ1) is 10.7. The molecule has 0 bridgehead atoms. The van der Waals surface area contributed by atoms with Crippen molar-refractivity contribution in [3.8, 4) is 5.75 Å². The van der Waals surface area contributed by atoms with E-state index in [1.165, 1.54) is 0 Å². The molecule has 0 unspecified atom stereocenters. The van der Waals surface area contributed by atoms with E-state index in [9.17, 15) is 23.1 Å². The highest BCUT2D eigenvalue weighted by Crippen LogP contribution is 2.26. The van der Waals surface area contributed by atoms with E-state index in [1.54, 1.807) is 18.2 Å². The number of hydrogen-bond acceptors (Lipinski definition) is 4. The highest BCUT2D eigenvalue weighted by atomic mass is 19.4. The van der Waals surface area contributed by atoms with Gasteiger partial charge in [-0.05, 0) is 30.2 Å². The third-order valence-corrected chi connectivity index (χ3v) is 3.63. The second-order valence-corrected chi connectivity index (χ2v) is 5.20. The van der Waals surface area contributed by atoms with Crippen molar-refractivity contribution in [3.05, 3.63) is 29.3 Å². The van der Waals surface area contributed by atoms with Crippen LogP contribution in [-0.2, 0) is 11.2 Å². The molecule has 23 heavy (non-hydrogen) atoms. The van der Waals surface area contributed by atoms with Crippen molar-refractivity contribution in [2.75, 3.05) is 19.6 Å². The predicted octanol–water partition coefficient (Wildman–Crippen LogP) is 0.996. The second-order valence-electron chi connectivity index (χ2n) is 5.20. The van der Waals surface area contributed by atoms with Gasteiger partial charge in [-0.25, -0.2) is 4.79 Å². The Kier molecular flexibility index (Phi) is 4.79. The zero-order valence-electron chi connectivity index (χ0n) is 11.9. The molecule has 1 amide bonds. The van der Waals surface area contributed by atoms with Gasteiger partial charge < -0.3 is 20.4 Å². The summed E-state index contributed by atoms with van der Waals surface area (Å²) in [6.07, 6.45) is -4.25. The van der Waals surface area contributed by atoms with Crippen LogP contribution in [-0.4, -0.2) is 58.8 Å². The molecule has 3 N–H and O–H groups in total. The van der Waals surface area contributed by atoms with E-state index in [2.05, 4.69) is 5.32 Å². The fraction of sp³-hybridized carbons (Fsp3) is 0.429. The number of phenols is 1. The fourth-order valence-electron chi connectivity index (χ4n) is 2.58. The summed E-state index contributed by atoms with van der Waals surface area (Å²) in [5, 5.41) is 19.8. The molecule has 6 nitrogen and oxygen atoms in total. The van der Waals surface area contributed by atoms with Crippen LogP contribution >= 0.6 is 0 Å². The minimum absolute atomic E-state index is 0.104. The second kappa shape index (κ2) is 6.45. The SMILES string of the molecule is O=C(O)C(F)(F)F.O=C1c2ccc(O)cc2C[C@@H]2CNCCN12. The van der Waals surface area contributed by atoms with Gasteiger partial charge in [-0.1, -0.05) is 0 Å². The molecule has 3 rings (SSSR count). The summed E-state index contributed by atoms with van der Waals surface area (Å²) in [6, 6.07) is 5.26. The zero-order valence-corrected chi connectivity index (χ0v) is 11.9. The van der Waals surface area contributed by atoms with Gasteiger partial charge in [0.15, 0.2) is 0 Å². The maximum absolute atomic E-state index is 12.2. The van der Waals surface area contributed by atoms with Crippen molar-refractivity contribution in [1.29, 1.82) is 0 Å². The maximum atomic E-state index is 12.2. The predicted molar refractivity (Wildman–Crippen MR) is 73.2 cm³/mol.